The lowest BCUT2D eigenvalue weighted by atomic mass is 10.1. The lowest BCUT2D eigenvalue weighted by Gasteiger charge is -2.14. The molecule has 0 bridgehead atoms. The van der Waals surface area contributed by atoms with Gasteiger partial charge in [-0.05, 0) is 44.7 Å². The van der Waals surface area contributed by atoms with Crippen molar-refractivity contribution in [3.63, 3.8) is 0 Å². The second-order valence-electron chi connectivity index (χ2n) is 6.64. The zero-order chi connectivity index (χ0) is 17.1. The van der Waals surface area contributed by atoms with E-state index in [1.807, 2.05) is 6.92 Å². The largest absolute Gasteiger partial charge is 0.374 e. The summed E-state index contributed by atoms with van der Waals surface area (Å²) in [6, 6.07) is 0. The highest BCUT2D eigenvalue weighted by Gasteiger charge is 2.20. The molecule has 134 valence electrons. The number of aromatic nitrogens is 4. The molecule has 2 aromatic rings. The fourth-order valence-corrected chi connectivity index (χ4v) is 3.70. The van der Waals surface area contributed by atoms with Gasteiger partial charge in [-0.15, -0.1) is 0 Å². The summed E-state index contributed by atoms with van der Waals surface area (Å²) in [4.78, 5) is 9.48. The van der Waals surface area contributed by atoms with Crippen LogP contribution in [0.25, 0.3) is 0 Å². The molecule has 0 saturated carbocycles. The summed E-state index contributed by atoms with van der Waals surface area (Å²) in [6.07, 6.45) is 5.36. The average molecular weight is 342 g/mol. The number of aromatic amines is 1. The molecule has 0 aromatic carbocycles. The molecule has 0 atom stereocenters. The maximum absolute atomic E-state index is 5.52. The summed E-state index contributed by atoms with van der Waals surface area (Å²) >= 11 is 0. The lowest BCUT2D eigenvalue weighted by molar-refractivity contribution is 0.128. The minimum atomic E-state index is 0.462. The third kappa shape index (κ3) is 3.52. The van der Waals surface area contributed by atoms with Crippen molar-refractivity contribution >= 4 is 5.82 Å². The van der Waals surface area contributed by atoms with Crippen LogP contribution in [-0.2, 0) is 43.6 Å². The number of anilines is 1. The Morgan fingerprint density at radius 2 is 2.00 bits per heavy atom. The zero-order valence-electron chi connectivity index (χ0n) is 14.8. The number of nitrogens with one attached hydrogen (secondary N) is 3. The summed E-state index contributed by atoms with van der Waals surface area (Å²) < 4.78 is 5.52. The van der Waals surface area contributed by atoms with Crippen molar-refractivity contribution in [2.24, 2.45) is 0 Å². The van der Waals surface area contributed by atoms with Crippen molar-refractivity contribution in [1.82, 2.24) is 25.5 Å². The SMILES string of the molecule is CCOCc1nc2c(c(NCc3n[nH]c4c3CCC4)n1)CCNCC2. The Balaban J connectivity index is 1.57. The highest BCUT2D eigenvalue weighted by Crippen LogP contribution is 2.25. The number of ether oxygens (including phenoxy) is 1. The van der Waals surface area contributed by atoms with Gasteiger partial charge in [0.2, 0.25) is 0 Å². The van der Waals surface area contributed by atoms with Crippen LogP contribution >= 0.6 is 0 Å². The number of aryl methyl sites for hydroxylation is 1. The highest BCUT2D eigenvalue weighted by molar-refractivity contribution is 5.48. The molecular formula is C18H26N6O. The third-order valence-electron chi connectivity index (χ3n) is 4.98. The monoisotopic (exact) mass is 342 g/mol. The van der Waals surface area contributed by atoms with E-state index in [2.05, 4.69) is 20.8 Å². The van der Waals surface area contributed by atoms with E-state index in [-0.39, 0.29) is 0 Å². The molecule has 0 radical (unpaired) electrons. The van der Waals surface area contributed by atoms with Gasteiger partial charge in [-0.1, -0.05) is 0 Å². The molecule has 4 rings (SSSR count). The van der Waals surface area contributed by atoms with Gasteiger partial charge < -0.3 is 15.4 Å². The van der Waals surface area contributed by atoms with Gasteiger partial charge in [0.25, 0.3) is 0 Å². The molecule has 1 aliphatic heterocycles. The minimum Gasteiger partial charge on any atom is -0.374 e. The predicted molar refractivity (Wildman–Crippen MR) is 95.6 cm³/mol. The molecule has 1 aliphatic carbocycles. The first kappa shape index (κ1) is 16.5. The van der Waals surface area contributed by atoms with Crippen LogP contribution in [0.15, 0.2) is 0 Å². The number of nitrogens with zero attached hydrogens (tertiary/aromatic N) is 3. The maximum Gasteiger partial charge on any atom is 0.156 e. The Labute approximate surface area is 148 Å². The van der Waals surface area contributed by atoms with Crippen molar-refractivity contribution in [1.29, 1.82) is 0 Å². The first-order valence-corrected chi connectivity index (χ1v) is 9.31. The predicted octanol–water partition coefficient (Wildman–Crippen LogP) is 1.53. The van der Waals surface area contributed by atoms with E-state index in [1.165, 1.54) is 23.2 Å². The topological polar surface area (TPSA) is 87.8 Å². The second kappa shape index (κ2) is 7.49. The van der Waals surface area contributed by atoms with Gasteiger partial charge in [-0.25, -0.2) is 9.97 Å². The molecule has 0 spiro atoms. The van der Waals surface area contributed by atoms with Crippen LogP contribution in [-0.4, -0.2) is 39.9 Å². The maximum atomic E-state index is 5.52. The molecule has 25 heavy (non-hydrogen) atoms. The van der Waals surface area contributed by atoms with Crippen molar-refractivity contribution in [3.8, 4) is 0 Å². The van der Waals surface area contributed by atoms with Crippen LogP contribution in [0.4, 0.5) is 5.82 Å². The smallest absolute Gasteiger partial charge is 0.156 e. The van der Waals surface area contributed by atoms with E-state index in [9.17, 15) is 0 Å². The number of H-pyrrole nitrogens is 1. The Morgan fingerprint density at radius 1 is 1.08 bits per heavy atom. The molecule has 2 aliphatic rings. The van der Waals surface area contributed by atoms with Crippen molar-refractivity contribution in [2.45, 2.75) is 52.2 Å². The number of rotatable bonds is 6. The van der Waals surface area contributed by atoms with Crippen molar-refractivity contribution < 1.29 is 4.74 Å². The van der Waals surface area contributed by atoms with Crippen LogP contribution < -0.4 is 10.6 Å². The molecule has 0 saturated heterocycles. The fraction of sp³-hybridized carbons (Fsp3) is 0.611. The van der Waals surface area contributed by atoms with E-state index in [1.54, 1.807) is 0 Å². The van der Waals surface area contributed by atoms with Gasteiger partial charge in [0, 0.05) is 30.8 Å². The average Bonchev–Trinajstić information content (AvgIpc) is 3.15. The Kier molecular flexibility index (Phi) is 4.94. The summed E-state index contributed by atoms with van der Waals surface area (Å²) in [5.41, 5.74) is 6.20. The normalized spacial score (nSPS) is 16.4. The standard InChI is InChI=1S/C18H26N6O/c1-2-25-11-17-21-14-7-9-19-8-6-13(14)18(22-17)20-10-16-12-4-3-5-15(12)23-24-16/h19H,2-11H2,1H3,(H,23,24)(H,20,21,22). The summed E-state index contributed by atoms with van der Waals surface area (Å²) in [7, 11) is 0. The highest BCUT2D eigenvalue weighted by atomic mass is 16.5. The Hall–Kier alpha value is -1.99. The molecule has 3 N–H and O–H groups in total. The van der Waals surface area contributed by atoms with Crippen LogP contribution in [0.1, 0.15) is 47.4 Å². The van der Waals surface area contributed by atoms with Crippen LogP contribution in [0, 0.1) is 0 Å². The van der Waals surface area contributed by atoms with E-state index >= 15 is 0 Å². The zero-order valence-corrected chi connectivity index (χ0v) is 14.8. The van der Waals surface area contributed by atoms with Gasteiger partial charge in [-0.3, -0.25) is 5.10 Å². The number of hydrogen-bond donors (Lipinski definition) is 3. The molecular weight excluding hydrogens is 316 g/mol. The van der Waals surface area contributed by atoms with Crippen molar-refractivity contribution in [3.05, 3.63) is 34.0 Å². The number of hydrogen-bond acceptors (Lipinski definition) is 6. The van der Waals surface area contributed by atoms with Gasteiger partial charge >= 0.3 is 0 Å². The van der Waals surface area contributed by atoms with E-state index < -0.39 is 0 Å². The van der Waals surface area contributed by atoms with E-state index in [4.69, 9.17) is 14.7 Å². The van der Waals surface area contributed by atoms with Crippen molar-refractivity contribution in [2.75, 3.05) is 25.0 Å². The van der Waals surface area contributed by atoms with Crippen LogP contribution in [0.5, 0.6) is 0 Å². The molecule has 0 amide bonds. The third-order valence-corrected chi connectivity index (χ3v) is 4.98. The first-order valence-electron chi connectivity index (χ1n) is 9.31. The minimum absolute atomic E-state index is 0.462. The van der Waals surface area contributed by atoms with E-state index in [0.29, 0.717) is 19.8 Å². The van der Waals surface area contributed by atoms with Crippen LogP contribution in [0.3, 0.4) is 0 Å². The molecule has 7 heteroatoms. The quantitative estimate of drug-likeness (QED) is 0.738. The number of fused-ring (bicyclic) bond motifs is 2. The van der Waals surface area contributed by atoms with Gasteiger partial charge in [0.05, 0.1) is 17.9 Å². The molecule has 7 nitrogen and oxygen atoms in total. The summed E-state index contributed by atoms with van der Waals surface area (Å²) in [6.45, 7) is 5.76. The molecule has 3 heterocycles. The summed E-state index contributed by atoms with van der Waals surface area (Å²) in [5, 5.41) is 14.6. The van der Waals surface area contributed by atoms with Gasteiger partial charge in [0.15, 0.2) is 5.82 Å². The molecule has 2 aromatic heterocycles. The van der Waals surface area contributed by atoms with Crippen LogP contribution in [0.2, 0.25) is 0 Å². The Morgan fingerprint density at radius 3 is 2.92 bits per heavy atom. The van der Waals surface area contributed by atoms with Gasteiger partial charge in [0.1, 0.15) is 12.4 Å². The Bertz CT molecular complexity index is 741. The lowest BCUT2D eigenvalue weighted by Crippen LogP contribution is -2.16. The molecule has 0 fully saturated rings. The summed E-state index contributed by atoms with van der Waals surface area (Å²) in [5.74, 6) is 1.70. The first-order chi connectivity index (χ1) is 12.3. The molecule has 0 unspecified atom stereocenters. The van der Waals surface area contributed by atoms with Gasteiger partial charge in [-0.2, -0.15) is 5.10 Å². The van der Waals surface area contributed by atoms with E-state index in [0.717, 1.165) is 61.8 Å². The fourth-order valence-electron chi connectivity index (χ4n) is 3.70. The second-order valence-corrected chi connectivity index (χ2v) is 6.64.